The van der Waals surface area contributed by atoms with Crippen LogP contribution in [-0.2, 0) is 14.8 Å². The second kappa shape index (κ2) is 9.46. The van der Waals surface area contributed by atoms with Crippen LogP contribution in [0.5, 0.6) is 0 Å². The van der Waals surface area contributed by atoms with Gasteiger partial charge < -0.3 is 10.2 Å². The Morgan fingerprint density at radius 2 is 1.94 bits per heavy atom. The van der Waals surface area contributed by atoms with Crippen molar-refractivity contribution in [3.63, 3.8) is 0 Å². The Kier molecular flexibility index (Phi) is 6.68. The number of likely N-dealkylation sites (tertiary alicyclic amines) is 1. The number of amides is 2. The van der Waals surface area contributed by atoms with Crippen molar-refractivity contribution in [3.8, 4) is 0 Å². The summed E-state index contributed by atoms with van der Waals surface area (Å²) in [7, 11) is -3.67. The molecule has 1 aliphatic carbocycles. The second-order valence-corrected chi connectivity index (χ2v) is 10.7. The smallest absolute Gasteiger partial charge is 0.253 e. The molecule has 2 fully saturated rings. The van der Waals surface area contributed by atoms with E-state index < -0.39 is 10.0 Å². The van der Waals surface area contributed by atoms with Crippen LogP contribution >= 0.6 is 11.3 Å². The summed E-state index contributed by atoms with van der Waals surface area (Å²) in [5, 5.41) is 5.13. The van der Waals surface area contributed by atoms with Gasteiger partial charge in [-0.1, -0.05) is 18.9 Å². The zero-order valence-corrected chi connectivity index (χ0v) is 18.8. The van der Waals surface area contributed by atoms with Gasteiger partial charge in [-0.2, -0.15) is 0 Å². The molecule has 10 heteroatoms. The molecule has 1 saturated carbocycles. The Balaban J connectivity index is 1.43. The molecule has 2 aromatic rings. The van der Waals surface area contributed by atoms with Crippen LogP contribution in [0, 0.1) is 5.92 Å². The summed E-state index contributed by atoms with van der Waals surface area (Å²) >= 11 is 1.35. The molecule has 0 radical (unpaired) electrons. The Labute approximate surface area is 186 Å². The number of anilines is 1. The summed E-state index contributed by atoms with van der Waals surface area (Å²) in [6.45, 7) is 0.838. The highest BCUT2D eigenvalue weighted by molar-refractivity contribution is 7.89. The minimum Gasteiger partial charge on any atom is -0.338 e. The summed E-state index contributed by atoms with van der Waals surface area (Å²) in [5.41, 5.74) is 0.315. The number of nitrogens with one attached hydrogen (secondary N) is 2. The fraction of sp³-hybridized carbons (Fsp3) is 0.476. The van der Waals surface area contributed by atoms with E-state index in [0.29, 0.717) is 36.6 Å². The standard InChI is InChI=1S/C21H26N4O4S2/c26-19(23-21-22-10-12-30-21)16-6-4-11-25(14-16)20(27)15-5-3-9-18(13-15)31(28,29)24-17-7-1-2-8-17/h3,5,9-10,12-13,16-17,24H,1-2,4,6-8,11,14H2,(H,22,23,26). The second-order valence-electron chi connectivity index (χ2n) is 8.05. The third kappa shape index (κ3) is 5.31. The predicted molar refractivity (Wildman–Crippen MR) is 118 cm³/mol. The maximum absolute atomic E-state index is 13.1. The average Bonchev–Trinajstić information content (AvgIpc) is 3.47. The topological polar surface area (TPSA) is 108 Å². The number of sulfonamides is 1. The van der Waals surface area contributed by atoms with Crippen LogP contribution in [0.4, 0.5) is 5.13 Å². The van der Waals surface area contributed by atoms with Crippen LogP contribution in [0.25, 0.3) is 0 Å². The number of piperidine rings is 1. The van der Waals surface area contributed by atoms with Crippen molar-refractivity contribution < 1.29 is 18.0 Å². The van der Waals surface area contributed by atoms with E-state index in [9.17, 15) is 18.0 Å². The van der Waals surface area contributed by atoms with Gasteiger partial charge in [0.25, 0.3) is 5.91 Å². The lowest BCUT2D eigenvalue weighted by atomic mass is 9.96. The molecular weight excluding hydrogens is 436 g/mol. The van der Waals surface area contributed by atoms with Gasteiger partial charge in [0.05, 0.1) is 10.8 Å². The van der Waals surface area contributed by atoms with Gasteiger partial charge in [0.1, 0.15) is 0 Å². The van der Waals surface area contributed by atoms with E-state index in [2.05, 4.69) is 15.0 Å². The molecule has 4 rings (SSSR count). The van der Waals surface area contributed by atoms with E-state index in [0.717, 1.165) is 25.7 Å². The molecule has 0 spiro atoms. The first-order valence-corrected chi connectivity index (χ1v) is 12.9. The highest BCUT2D eigenvalue weighted by Crippen LogP contribution is 2.23. The van der Waals surface area contributed by atoms with Gasteiger partial charge in [0.15, 0.2) is 5.13 Å². The Morgan fingerprint density at radius 1 is 1.13 bits per heavy atom. The average molecular weight is 463 g/mol. The lowest BCUT2D eigenvalue weighted by Crippen LogP contribution is -2.43. The van der Waals surface area contributed by atoms with Crippen molar-refractivity contribution in [2.24, 2.45) is 5.92 Å². The van der Waals surface area contributed by atoms with Gasteiger partial charge in [0.2, 0.25) is 15.9 Å². The summed E-state index contributed by atoms with van der Waals surface area (Å²) in [6.07, 6.45) is 6.77. The third-order valence-electron chi connectivity index (χ3n) is 5.81. The van der Waals surface area contributed by atoms with Gasteiger partial charge >= 0.3 is 0 Å². The molecule has 1 saturated heterocycles. The monoisotopic (exact) mass is 462 g/mol. The molecule has 1 aliphatic heterocycles. The number of benzene rings is 1. The number of thiazole rings is 1. The maximum atomic E-state index is 13.1. The summed E-state index contributed by atoms with van der Waals surface area (Å²) in [6, 6.07) is 6.11. The first-order chi connectivity index (χ1) is 14.9. The molecule has 1 unspecified atom stereocenters. The summed E-state index contributed by atoms with van der Waals surface area (Å²) in [4.78, 5) is 31.4. The first-order valence-electron chi connectivity index (χ1n) is 10.5. The molecule has 8 nitrogen and oxygen atoms in total. The van der Waals surface area contributed by atoms with Gasteiger partial charge in [-0.05, 0) is 43.9 Å². The van der Waals surface area contributed by atoms with Crippen LogP contribution in [0.15, 0.2) is 40.7 Å². The molecule has 1 aromatic heterocycles. The third-order valence-corrected chi connectivity index (χ3v) is 8.02. The zero-order valence-electron chi connectivity index (χ0n) is 17.1. The molecule has 1 atom stereocenters. The van der Waals surface area contributed by atoms with Gasteiger partial charge in [-0.15, -0.1) is 11.3 Å². The van der Waals surface area contributed by atoms with E-state index in [1.807, 2.05) is 0 Å². The Bertz CT molecular complexity index is 1030. The summed E-state index contributed by atoms with van der Waals surface area (Å²) in [5.74, 6) is -0.730. The number of hydrogen-bond acceptors (Lipinski definition) is 6. The predicted octanol–water partition coefficient (Wildman–Crippen LogP) is 2.85. The molecule has 2 heterocycles. The molecule has 2 amide bonds. The van der Waals surface area contributed by atoms with E-state index in [-0.39, 0.29) is 28.7 Å². The molecule has 2 aliphatic rings. The minimum absolute atomic E-state index is 0.0384. The fourth-order valence-electron chi connectivity index (χ4n) is 4.18. The maximum Gasteiger partial charge on any atom is 0.253 e. The number of aromatic nitrogens is 1. The van der Waals surface area contributed by atoms with Crippen LogP contribution in [0.3, 0.4) is 0 Å². The normalized spacial score (nSPS) is 20.0. The van der Waals surface area contributed by atoms with Crippen LogP contribution < -0.4 is 10.0 Å². The highest BCUT2D eigenvalue weighted by Gasteiger charge is 2.30. The van der Waals surface area contributed by atoms with E-state index >= 15 is 0 Å². The summed E-state index contributed by atoms with van der Waals surface area (Å²) < 4.78 is 28.2. The quantitative estimate of drug-likeness (QED) is 0.686. The molecule has 0 bridgehead atoms. The van der Waals surface area contributed by atoms with Crippen molar-refractivity contribution in [1.82, 2.24) is 14.6 Å². The minimum atomic E-state index is -3.67. The number of hydrogen-bond donors (Lipinski definition) is 2. The number of rotatable bonds is 6. The zero-order chi connectivity index (χ0) is 21.8. The molecule has 166 valence electrons. The van der Waals surface area contributed by atoms with E-state index in [1.165, 1.54) is 23.5 Å². The van der Waals surface area contributed by atoms with E-state index in [1.54, 1.807) is 28.6 Å². The molecular formula is C21H26N4O4S2. The lowest BCUT2D eigenvalue weighted by molar-refractivity contribution is -0.121. The molecule has 2 N–H and O–H groups in total. The van der Waals surface area contributed by atoms with Crippen molar-refractivity contribution >= 4 is 38.3 Å². The Hall–Kier alpha value is -2.30. The number of nitrogens with zero attached hydrogens (tertiary/aromatic N) is 2. The van der Waals surface area contributed by atoms with Crippen LogP contribution in [0.1, 0.15) is 48.9 Å². The van der Waals surface area contributed by atoms with Gasteiger partial charge in [-0.3, -0.25) is 9.59 Å². The van der Waals surface area contributed by atoms with Crippen molar-refractivity contribution in [1.29, 1.82) is 0 Å². The van der Waals surface area contributed by atoms with Crippen LogP contribution in [0.2, 0.25) is 0 Å². The van der Waals surface area contributed by atoms with Gasteiger partial charge in [-0.25, -0.2) is 18.1 Å². The first kappa shape index (κ1) is 21.9. The molecule has 1 aromatic carbocycles. The Morgan fingerprint density at radius 3 is 2.68 bits per heavy atom. The lowest BCUT2D eigenvalue weighted by Gasteiger charge is -2.32. The van der Waals surface area contributed by atoms with Crippen molar-refractivity contribution in [3.05, 3.63) is 41.4 Å². The van der Waals surface area contributed by atoms with Crippen molar-refractivity contribution in [2.75, 3.05) is 18.4 Å². The molecule has 31 heavy (non-hydrogen) atoms. The SMILES string of the molecule is O=C(Nc1nccs1)C1CCCN(C(=O)c2cccc(S(=O)(=O)NC3CCCC3)c2)C1. The van der Waals surface area contributed by atoms with Gasteiger partial charge in [0, 0.05) is 36.3 Å². The largest absolute Gasteiger partial charge is 0.338 e. The van der Waals surface area contributed by atoms with Crippen LogP contribution in [-0.4, -0.2) is 49.2 Å². The number of carbonyl (C=O) groups excluding carboxylic acids is 2. The highest BCUT2D eigenvalue weighted by atomic mass is 32.2. The van der Waals surface area contributed by atoms with Crippen molar-refractivity contribution in [2.45, 2.75) is 49.5 Å². The van der Waals surface area contributed by atoms with E-state index in [4.69, 9.17) is 0 Å². The number of carbonyl (C=O) groups is 2. The fourth-order valence-corrected chi connectivity index (χ4v) is 6.06.